The highest BCUT2D eigenvalue weighted by atomic mass is 32.1. The number of rotatable bonds is 2. The van der Waals surface area contributed by atoms with Crippen LogP contribution in [-0.4, -0.2) is 48.3 Å². The van der Waals surface area contributed by atoms with E-state index in [1.165, 1.54) is 11.3 Å². The number of anilines is 1. The van der Waals surface area contributed by atoms with E-state index < -0.39 is 7.12 Å². The van der Waals surface area contributed by atoms with Gasteiger partial charge in [0.15, 0.2) is 5.13 Å². The van der Waals surface area contributed by atoms with Gasteiger partial charge in [0, 0.05) is 31.6 Å². The summed E-state index contributed by atoms with van der Waals surface area (Å²) >= 11 is 1.45. The summed E-state index contributed by atoms with van der Waals surface area (Å²) in [6.07, 6.45) is 0. The molecule has 76 valence electrons. The van der Waals surface area contributed by atoms with E-state index >= 15 is 0 Å². The Bertz CT molecular complexity index is 301. The fourth-order valence-corrected chi connectivity index (χ4v) is 2.29. The molecule has 1 saturated heterocycles. The van der Waals surface area contributed by atoms with E-state index in [-0.39, 0.29) is 0 Å². The molecule has 0 saturated carbocycles. The van der Waals surface area contributed by atoms with Crippen molar-refractivity contribution in [2.45, 2.75) is 0 Å². The van der Waals surface area contributed by atoms with Gasteiger partial charge in [-0.3, -0.25) is 0 Å². The Morgan fingerprint density at radius 2 is 2.14 bits per heavy atom. The van der Waals surface area contributed by atoms with Crippen LogP contribution in [0.4, 0.5) is 5.13 Å². The van der Waals surface area contributed by atoms with Crippen molar-refractivity contribution >= 4 is 29.2 Å². The summed E-state index contributed by atoms with van der Waals surface area (Å²) in [4.78, 5) is 6.30. The maximum atomic E-state index is 8.90. The molecule has 0 aliphatic carbocycles. The summed E-state index contributed by atoms with van der Waals surface area (Å²) in [5, 5.41) is 23.6. The molecule has 2 heterocycles. The van der Waals surface area contributed by atoms with Gasteiger partial charge in [0.1, 0.15) is 0 Å². The van der Waals surface area contributed by atoms with Crippen LogP contribution in [0.1, 0.15) is 0 Å². The predicted octanol–water partition coefficient (Wildman–Crippen LogP) is -1.77. The minimum atomic E-state index is -1.46. The van der Waals surface area contributed by atoms with Crippen LogP contribution >= 0.6 is 11.3 Å². The summed E-state index contributed by atoms with van der Waals surface area (Å²) in [5.41, 5.74) is 0.337. The van der Waals surface area contributed by atoms with Crippen LogP contribution in [0.25, 0.3) is 0 Å². The number of aromatic nitrogens is 1. The first-order valence-corrected chi connectivity index (χ1v) is 5.42. The third kappa shape index (κ3) is 2.06. The molecule has 0 aromatic carbocycles. The number of thiazole rings is 1. The molecule has 0 amide bonds. The van der Waals surface area contributed by atoms with E-state index in [2.05, 4.69) is 15.2 Å². The molecule has 1 fully saturated rings. The van der Waals surface area contributed by atoms with E-state index in [0.29, 0.717) is 5.59 Å². The van der Waals surface area contributed by atoms with Crippen LogP contribution in [0.5, 0.6) is 0 Å². The van der Waals surface area contributed by atoms with Crippen LogP contribution in [-0.2, 0) is 0 Å². The zero-order valence-electron chi connectivity index (χ0n) is 7.68. The van der Waals surface area contributed by atoms with Gasteiger partial charge in [-0.15, -0.1) is 11.3 Å². The number of piperazine rings is 1. The second-order valence-electron chi connectivity index (χ2n) is 3.17. The molecule has 0 unspecified atom stereocenters. The molecule has 0 radical (unpaired) electrons. The lowest BCUT2D eigenvalue weighted by Gasteiger charge is -2.26. The second kappa shape index (κ2) is 4.27. The van der Waals surface area contributed by atoms with Gasteiger partial charge < -0.3 is 20.3 Å². The molecule has 7 heteroatoms. The second-order valence-corrected chi connectivity index (χ2v) is 4.00. The van der Waals surface area contributed by atoms with E-state index in [1.54, 1.807) is 5.38 Å². The first-order chi connectivity index (χ1) is 6.77. The van der Waals surface area contributed by atoms with Crippen LogP contribution in [0.2, 0.25) is 0 Å². The fourth-order valence-electron chi connectivity index (χ4n) is 1.40. The van der Waals surface area contributed by atoms with Crippen LogP contribution in [0, 0.1) is 0 Å². The lowest BCUT2D eigenvalue weighted by Crippen LogP contribution is -2.44. The Balaban J connectivity index is 2.07. The van der Waals surface area contributed by atoms with E-state index in [4.69, 9.17) is 10.0 Å². The zero-order chi connectivity index (χ0) is 9.97. The molecule has 14 heavy (non-hydrogen) atoms. The SMILES string of the molecule is OB(O)c1csc(N2CCNCC2)n1. The van der Waals surface area contributed by atoms with E-state index in [1.807, 2.05) is 0 Å². The molecule has 1 aliphatic rings. The minimum absolute atomic E-state index is 0.337. The van der Waals surface area contributed by atoms with Crippen molar-refractivity contribution in [2.24, 2.45) is 0 Å². The van der Waals surface area contributed by atoms with Crippen molar-refractivity contribution in [3.8, 4) is 0 Å². The Kier molecular flexibility index (Phi) is 3.02. The van der Waals surface area contributed by atoms with Gasteiger partial charge in [0.05, 0.1) is 5.59 Å². The molecule has 0 spiro atoms. The van der Waals surface area contributed by atoms with Crippen molar-refractivity contribution in [3.05, 3.63) is 5.38 Å². The van der Waals surface area contributed by atoms with Gasteiger partial charge >= 0.3 is 7.12 Å². The monoisotopic (exact) mass is 213 g/mol. The first kappa shape index (κ1) is 9.91. The Morgan fingerprint density at radius 3 is 2.71 bits per heavy atom. The number of hydrogen-bond acceptors (Lipinski definition) is 6. The zero-order valence-corrected chi connectivity index (χ0v) is 8.50. The minimum Gasteiger partial charge on any atom is -0.422 e. The molecular weight excluding hydrogens is 201 g/mol. The Morgan fingerprint density at radius 1 is 1.43 bits per heavy atom. The van der Waals surface area contributed by atoms with Crippen molar-refractivity contribution in [1.29, 1.82) is 0 Å². The average Bonchev–Trinajstić information content (AvgIpc) is 2.68. The van der Waals surface area contributed by atoms with Crippen molar-refractivity contribution < 1.29 is 10.0 Å². The summed E-state index contributed by atoms with van der Waals surface area (Å²) in [6, 6.07) is 0. The van der Waals surface area contributed by atoms with Gasteiger partial charge in [0.2, 0.25) is 0 Å². The highest BCUT2D eigenvalue weighted by molar-refractivity contribution is 7.14. The maximum Gasteiger partial charge on any atom is 0.509 e. The normalized spacial score (nSPS) is 17.1. The number of nitrogens with zero attached hydrogens (tertiary/aromatic N) is 2. The van der Waals surface area contributed by atoms with E-state index in [9.17, 15) is 0 Å². The van der Waals surface area contributed by atoms with Crippen molar-refractivity contribution in [3.63, 3.8) is 0 Å². The maximum absolute atomic E-state index is 8.90. The third-order valence-electron chi connectivity index (χ3n) is 2.16. The highest BCUT2D eigenvalue weighted by Crippen LogP contribution is 2.16. The summed E-state index contributed by atoms with van der Waals surface area (Å²) in [6.45, 7) is 3.76. The lowest BCUT2D eigenvalue weighted by molar-refractivity contribution is 0.424. The topological polar surface area (TPSA) is 68.6 Å². The quantitative estimate of drug-likeness (QED) is 0.507. The van der Waals surface area contributed by atoms with Crippen LogP contribution < -0.4 is 15.8 Å². The Labute approximate surface area is 86.5 Å². The Hall–Kier alpha value is -0.625. The molecule has 1 aliphatic heterocycles. The molecular formula is C7H12BN3O2S. The fraction of sp³-hybridized carbons (Fsp3) is 0.571. The summed E-state index contributed by atoms with van der Waals surface area (Å²) in [5.74, 6) is 0. The largest absolute Gasteiger partial charge is 0.509 e. The van der Waals surface area contributed by atoms with E-state index in [0.717, 1.165) is 31.3 Å². The van der Waals surface area contributed by atoms with Gasteiger partial charge in [-0.25, -0.2) is 4.98 Å². The smallest absolute Gasteiger partial charge is 0.422 e. The summed E-state index contributed by atoms with van der Waals surface area (Å²) < 4.78 is 0. The van der Waals surface area contributed by atoms with Gasteiger partial charge in [-0.1, -0.05) is 0 Å². The highest BCUT2D eigenvalue weighted by Gasteiger charge is 2.19. The van der Waals surface area contributed by atoms with Gasteiger partial charge in [-0.05, 0) is 0 Å². The predicted molar refractivity (Wildman–Crippen MR) is 57.0 cm³/mol. The third-order valence-corrected chi connectivity index (χ3v) is 3.08. The average molecular weight is 213 g/mol. The summed E-state index contributed by atoms with van der Waals surface area (Å²) in [7, 11) is -1.46. The van der Waals surface area contributed by atoms with Crippen LogP contribution in [0.3, 0.4) is 0 Å². The molecule has 3 N–H and O–H groups in total. The molecule has 0 atom stereocenters. The van der Waals surface area contributed by atoms with Gasteiger partial charge in [0.25, 0.3) is 0 Å². The molecule has 5 nitrogen and oxygen atoms in total. The van der Waals surface area contributed by atoms with Crippen LogP contribution in [0.15, 0.2) is 5.38 Å². The molecule has 1 aromatic rings. The number of nitrogens with one attached hydrogen (secondary N) is 1. The molecule has 2 rings (SSSR count). The first-order valence-electron chi connectivity index (χ1n) is 4.54. The van der Waals surface area contributed by atoms with Crippen molar-refractivity contribution in [2.75, 3.05) is 31.1 Å². The number of hydrogen-bond donors (Lipinski definition) is 3. The standard InChI is InChI=1S/C7H12BN3O2S/c12-8(13)6-5-14-7(10-6)11-3-1-9-2-4-11/h5,9,12-13H,1-4H2. The molecule has 1 aromatic heterocycles. The van der Waals surface area contributed by atoms with Gasteiger partial charge in [-0.2, -0.15) is 0 Å². The van der Waals surface area contributed by atoms with Crippen molar-refractivity contribution in [1.82, 2.24) is 10.3 Å². The lowest BCUT2D eigenvalue weighted by atomic mass is 9.88. The molecule has 0 bridgehead atoms.